The van der Waals surface area contributed by atoms with Gasteiger partial charge in [0.1, 0.15) is 17.2 Å². The number of ether oxygens (including phenoxy) is 1. The number of rotatable bonds is 4. The predicted octanol–water partition coefficient (Wildman–Crippen LogP) is 1.84. The molecule has 122 valence electrons. The van der Waals surface area contributed by atoms with Gasteiger partial charge in [-0.15, -0.1) is 0 Å². The second-order valence-electron chi connectivity index (χ2n) is 5.80. The average molecular weight is 313 g/mol. The highest BCUT2D eigenvalue weighted by molar-refractivity contribution is 5.44. The molecule has 0 aliphatic carbocycles. The second-order valence-corrected chi connectivity index (χ2v) is 5.80. The fourth-order valence-electron chi connectivity index (χ4n) is 3.35. The highest BCUT2D eigenvalue weighted by atomic mass is 16.5. The summed E-state index contributed by atoms with van der Waals surface area (Å²) in [4.78, 5) is 0. The summed E-state index contributed by atoms with van der Waals surface area (Å²) >= 11 is 0. The average Bonchev–Trinajstić information content (AvgIpc) is 2.61. The zero-order valence-corrected chi connectivity index (χ0v) is 13.7. The summed E-state index contributed by atoms with van der Waals surface area (Å²) in [7, 11) is 5.77. The molecule has 2 aromatic carbocycles. The van der Waals surface area contributed by atoms with E-state index in [2.05, 4.69) is 22.0 Å². The molecule has 0 spiro atoms. The monoisotopic (exact) mass is 313 g/mol. The quantitative estimate of drug-likeness (QED) is 0.649. The molecule has 0 bridgehead atoms. The van der Waals surface area contributed by atoms with Gasteiger partial charge in [-0.25, -0.2) is 0 Å². The van der Waals surface area contributed by atoms with E-state index < -0.39 is 11.4 Å². The van der Waals surface area contributed by atoms with Gasteiger partial charge in [0.05, 0.1) is 0 Å². The third-order valence-corrected chi connectivity index (χ3v) is 4.74. The normalized spacial score (nSPS) is 22.2. The number of benzene rings is 2. The minimum atomic E-state index is -0.700. The maximum absolute atomic E-state index is 9.58. The minimum absolute atomic E-state index is 0.240. The van der Waals surface area contributed by atoms with Crippen molar-refractivity contribution < 1.29 is 9.84 Å². The van der Waals surface area contributed by atoms with Crippen molar-refractivity contribution >= 4 is 0 Å². The molecule has 1 unspecified atom stereocenters. The fourth-order valence-corrected chi connectivity index (χ4v) is 3.35. The van der Waals surface area contributed by atoms with Gasteiger partial charge in [-0.1, -0.05) is 18.2 Å². The van der Waals surface area contributed by atoms with E-state index in [1.807, 2.05) is 51.5 Å². The SMILES string of the molecule is CNC1(NC)CC(NC)(c2ccc(O)cc2)Oc2ccccc21. The molecule has 1 atom stereocenters. The molecule has 1 aliphatic rings. The number of fused-ring (bicyclic) bond motifs is 1. The van der Waals surface area contributed by atoms with Gasteiger partial charge < -0.3 is 9.84 Å². The summed E-state index contributed by atoms with van der Waals surface area (Å²) in [6.07, 6.45) is 0.644. The third kappa shape index (κ3) is 2.47. The Kier molecular flexibility index (Phi) is 4.02. The lowest BCUT2D eigenvalue weighted by atomic mass is 9.83. The number of aromatic hydroxyl groups is 1. The van der Waals surface area contributed by atoms with Crippen molar-refractivity contribution in [2.75, 3.05) is 21.1 Å². The van der Waals surface area contributed by atoms with Crippen LogP contribution in [0.4, 0.5) is 0 Å². The van der Waals surface area contributed by atoms with Crippen molar-refractivity contribution in [2.45, 2.75) is 17.8 Å². The van der Waals surface area contributed by atoms with Crippen LogP contribution in [0, 0.1) is 0 Å². The van der Waals surface area contributed by atoms with Gasteiger partial charge in [-0.3, -0.25) is 16.0 Å². The number of phenols is 1. The first-order valence-electron chi connectivity index (χ1n) is 7.74. The van der Waals surface area contributed by atoms with Gasteiger partial charge >= 0.3 is 0 Å². The van der Waals surface area contributed by atoms with E-state index in [9.17, 15) is 5.11 Å². The lowest BCUT2D eigenvalue weighted by Crippen LogP contribution is -2.62. The highest BCUT2D eigenvalue weighted by Crippen LogP contribution is 2.45. The topological polar surface area (TPSA) is 65.5 Å². The molecule has 2 aromatic rings. The summed E-state index contributed by atoms with van der Waals surface area (Å²) in [5.41, 5.74) is 0.918. The molecular weight excluding hydrogens is 290 g/mol. The molecule has 3 rings (SSSR count). The number of hydrogen-bond acceptors (Lipinski definition) is 5. The largest absolute Gasteiger partial charge is 0.508 e. The van der Waals surface area contributed by atoms with Crippen molar-refractivity contribution in [1.82, 2.24) is 16.0 Å². The molecular formula is C18H23N3O2. The number of nitrogens with one attached hydrogen (secondary N) is 3. The van der Waals surface area contributed by atoms with Gasteiger partial charge in [-0.2, -0.15) is 0 Å². The van der Waals surface area contributed by atoms with E-state index >= 15 is 0 Å². The van der Waals surface area contributed by atoms with Crippen LogP contribution in [0.2, 0.25) is 0 Å². The first-order valence-corrected chi connectivity index (χ1v) is 7.74. The van der Waals surface area contributed by atoms with Crippen molar-refractivity contribution in [3.8, 4) is 11.5 Å². The molecule has 0 saturated carbocycles. The molecule has 0 fully saturated rings. The molecule has 5 heteroatoms. The molecule has 4 N–H and O–H groups in total. The van der Waals surface area contributed by atoms with Crippen LogP contribution in [-0.4, -0.2) is 26.2 Å². The van der Waals surface area contributed by atoms with Crippen molar-refractivity contribution in [2.24, 2.45) is 0 Å². The standard InChI is InChI=1S/C18H23N3O2/c1-19-17(20-2)12-18(21-3,13-8-10-14(22)11-9-13)23-16-7-5-4-6-15(16)17/h4-11,19-22H,12H2,1-3H3. The van der Waals surface area contributed by atoms with Gasteiger partial charge in [-0.05, 0) is 51.5 Å². The molecule has 0 amide bonds. The minimum Gasteiger partial charge on any atom is -0.508 e. The first kappa shape index (κ1) is 15.8. The van der Waals surface area contributed by atoms with Crippen molar-refractivity contribution in [3.05, 3.63) is 59.7 Å². The smallest absolute Gasteiger partial charge is 0.190 e. The van der Waals surface area contributed by atoms with Gasteiger partial charge in [0.2, 0.25) is 0 Å². The van der Waals surface area contributed by atoms with Gasteiger partial charge in [0, 0.05) is 17.5 Å². The van der Waals surface area contributed by atoms with Crippen LogP contribution in [0.5, 0.6) is 11.5 Å². The Hall–Kier alpha value is -2.08. The first-order chi connectivity index (χ1) is 11.1. The van der Waals surface area contributed by atoms with Crippen molar-refractivity contribution in [1.29, 1.82) is 0 Å². The Morgan fingerprint density at radius 3 is 2.17 bits per heavy atom. The molecule has 0 radical (unpaired) electrons. The number of para-hydroxylation sites is 1. The van der Waals surface area contributed by atoms with Gasteiger partial charge in [0.25, 0.3) is 0 Å². The van der Waals surface area contributed by atoms with E-state index in [-0.39, 0.29) is 5.75 Å². The molecule has 23 heavy (non-hydrogen) atoms. The van der Waals surface area contributed by atoms with Crippen LogP contribution < -0.4 is 20.7 Å². The Morgan fingerprint density at radius 1 is 0.913 bits per heavy atom. The van der Waals surface area contributed by atoms with Crippen LogP contribution >= 0.6 is 0 Å². The summed E-state index contributed by atoms with van der Waals surface area (Å²) in [6, 6.07) is 15.2. The van der Waals surface area contributed by atoms with Crippen LogP contribution in [0.3, 0.4) is 0 Å². The van der Waals surface area contributed by atoms with Gasteiger partial charge in [0.15, 0.2) is 5.72 Å². The van der Waals surface area contributed by atoms with Crippen molar-refractivity contribution in [3.63, 3.8) is 0 Å². The Morgan fingerprint density at radius 2 is 1.57 bits per heavy atom. The summed E-state index contributed by atoms with van der Waals surface area (Å²) in [5.74, 6) is 1.06. The molecule has 0 aromatic heterocycles. The summed E-state index contributed by atoms with van der Waals surface area (Å²) in [6.45, 7) is 0. The number of hydrogen-bond donors (Lipinski definition) is 4. The number of phenolic OH excluding ortho intramolecular Hbond substituents is 1. The maximum Gasteiger partial charge on any atom is 0.190 e. The summed E-state index contributed by atoms with van der Waals surface area (Å²) in [5, 5.41) is 19.7. The molecule has 5 nitrogen and oxygen atoms in total. The zero-order valence-electron chi connectivity index (χ0n) is 13.7. The molecule has 0 saturated heterocycles. The third-order valence-electron chi connectivity index (χ3n) is 4.74. The van der Waals surface area contributed by atoms with E-state index in [1.54, 1.807) is 12.1 Å². The Labute approximate surface area is 136 Å². The Bertz CT molecular complexity index is 683. The predicted molar refractivity (Wildman–Crippen MR) is 90.3 cm³/mol. The Balaban J connectivity index is 2.16. The lowest BCUT2D eigenvalue weighted by molar-refractivity contribution is -0.0315. The second kappa shape index (κ2) is 5.85. The van der Waals surface area contributed by atoms with Crippen LogP contribution in [0.25, 0.3) is 0 Å². The molecule has 1 heterocycles. The van der Waals surface area contributed by atoms with E-state index in [0.717, 1.165) is 16.9 Å². The van der Waals surface area contributed by atoms with E-state index in [1.165, 1.54) is 0 Å². The fraction of sp³-hybridized carbons (Fsp3) is 0.333. The molecule has 1 aliphatic heterocycles. The lowest BCUT2D eigenvalue weighted by Gasteiger charge is -2.48. The van der Waals surface area contributed by atoms with E-state index in [4.69, 9.17) is 4.74 Å². The summed E-state index contributed by atoms with van der Waals surface area (Å²) < 4.78 is 6.38. The van der Waals surface area contributed by atoms with Crippen LogP contribution in [0.1, 0.15) is 17.5 Å². The maximum atomic E-state index is 9.58. The van der Waals surface area contributed by atoms with Crippen LogP contribution in [-0.2, 0) is 11.4 Å². The van der Waals surface area contributed by atoms with E-state index in [0.29, 0.717) is 6.42 Å². The van der Waals surface area contributed by atoms with Crippen LogP contribution in [0.15, 0.2) is 48.5 Å². The highest BCUT2D eigenvalue weighted by Gasteiger charge is 2.48. The zero-order chi connectivity index (χ0) is 16.5.